The van der Waals surface area contributed by atoms with E-state index >= 15 is 0 Å². The molecule has 2 saturated carbocycles. The van der Waals surface area contributed by atoms with E-state index in [-0.39, 0.29) is 17.4 Å². The van der Waals surface area contributed by atoms with Crippen molar-refractivity contribution in [1.82, 2.24) is 15.5 Å². The number of nitrogens with one attached hydrogen (secondary N) is 2. The van der Waals surface area contributed by atoms with Crippen molar-refractivity contribution in [3.05, 3.63) is 63.7 Å². The Morgan fingerprint density at radius 3 is 2.59 bits per heavy atom. The molecule has 3 atom stereocenters. The van der Waals surface area contributed by atoms with Gasteiger partial charge in [0, 0.05) is 46.3 Å². The molecule has 0 radical (unpaired) electrons. The average molecular weight is 596 g/mol. The van der Waals surface area contributed by atoms with Crippen molar-refractivity contribution >= 4 is 41.5 Å². The number of aldehydes is 1. The Bertz CT molecular complexity index is 1280. The summed E-state index contributed by atoms with van der Waals surface area (Å²) in [6.07, 6.45) is 8.34. The molecule has 1 saturated heterocycles. The van der Waals surface area contributed by atoms with Crippen LogP contribution < -0.4 is 10.6 Å². The van der Waals surface area contributed by atoms with Crippen molar-refractivity contribution in [3.63, 3.8) is 0 Å². The third-order valence-electron chi connectivity index (χ3n) is 9.28. The number of halogens is 1. The summed E-state index contributed by atoms with van der Waals surface area (Å²) in [5, 5.41) is 7.06. The van der Waals surface area contributed by atoms with Gasteiger partial charge in [0.2, 0.25) is 11.8 Å². The van der Waals surface area contributed by atoms with Crippen molar-refractivity contribution in [2.24, 2.45) is 17.8 Å². The summed E-state index contributed by atoms with van der Waals surface area (Å²) in [6, 6.07) is 11.7. The first-order chi connectivity index (χ1) is 19.6. The molecule has 2 bridgehead atoms. The predicted octanol–water partition coefficient (Wildman–Crippen LogP) is 6.38. The molecule has 2 N–H and O–H groups in total. The number of hydrogen-bond acceptors (Lipinski definition) is 6. The zero-order valence-corrected chi connectivity index (χ0v) is 26.0. The minimum absolute atomic E-state index is 0.190. The van der Waals surface area contributed by atoms with Crippen LogP contribution >= 0.6 is 23.4 Å². The Kier molecular flexibility index (Phi) is 9.59. The molecule has 8 heteroatoms. The second kappa shape index (κ2) is 13.0. The van der Waals surface area contributed by atoms with Gasteiger partial charge in [0.15, 0.2) is 0 Å². The molecule has 0 spiro atoms. The predicted molar refractivity (Wildman–Crippen MR) is 165 cm³/mol. The van der Waals surface area contributed by atoms with Crippen LogP contribution in [0.2, 0.25) is 5.02 Å². The van der Waals surface area contributed by atoms with E-state index < -0.39 is 6.04 Å². The maximum atomic E-state index is 12.4. The van der Waals surface area contributed by atoms with Gasteiger partial charge in [-0.25, -0.2) is 0 Å². The second-order valence-electron chi connectivity index (χ2n) is 12.9. The lowest BCUT2D eigenvalue weighted by Crippen LogP contribution is -2.51. The van der Waals surface area contributed by atoms with E-state index in [4.69, 9.17) is 11.6 Å². The van der Waals surface area contributed by atoms with E-state index in [2.05, 4.69) is 42.7 Å². The van der Waals surface area contributed by atoms with Gasteiger partial charge in [-0.05, 0) is 99.1 Å². The third-order valence-corrected chi connectivity index (χ3v) is 10.8. The lowest BCUT2D eigenvalue weighted by atomic mass is 9.62. The zero-order valence-electron chi connectivity index (χ0n) is 24.4. The number of imide groups is 1. The molecular formula is C33H42ClN3O3S. The van der Waals surface area contributed by atoms with E-state index in [0.29, 0.717) is 30.7 Å². The molecular weight excluding hydrogens is 554 g/mol. The quantitative estimate of drug-likeness (QED) is 0.189. The van der Waals surface area contributed by atoms with Crippen LogP contribution in [-0.2, 0) is 28.4 Å². The number of nitrogens with zero attached hydrogens (tertiary/aromatic N) is 1. The molecule has 3 unspecified atom stereocenters. The summed E-state index contributed by atoms with van der Waals surface area (Å²) in [5.41, 5.74) is 3.93. The van der Waals surface area contributed by atoms with E-state index in [9.17, 15) is 14.4 Å². The smallest absolute Gasteiger partial charge is 0.243 e. The highest BCUT2D eigenvalue weighted by Gasteiger charge is 2.40. The molecule has 1 heterocycles. The van der Waals surface area contributed by atoms with Gasteiger partial charge in [-0.3, -0.25) is 24.6 Å². The van der Waals surface area contributed by atoms with Crippen LogP contribution in [0.1, 0.15) is 85.8 Å². The first-order valence-corrected chi connectivity index (χ1v) is 16.2. The van der Waals surface area contributed by atoms with Crippen LogP contribution in [-0.4, -0.2) is 41.6 Å². The lowest BCUT2D eigenvalue weighted by molar-refractivity contribution is -0.137. The highest BCUT2D eigenvalue weighted by molar-refractivity contribution is 7.98. The van der Waals surface area contributed by atoms with Gasteiger partial charge in [0.25, 0.3) is 0 Å². The fourth-order valence-electron chi connectivity index (χ4n) is 7.48. The number of benzene rings is 2. The molecule has 0 aromatic heterocycles. The van der Waals surface area contributed by atoms with Gasteiger partial charge in [-0.2, -0.15) is 0 Å². The van der Waals surface area contributed by atoms with Crippen LogP contribution in [0.15, 0.2) is 41.3 Å². The van der Waals surface area contributed by atoms with Crippen LogP contribution in [0.4, 0.5) is 0 Å². The van der Waals surface area contributed by atoms with Crippen LogP contribution in [0.25, 0.3) is 0 Å². The monoisotopic (exact) mass is 595 g/mol. The maximum absolute atomic E-state index is 12.4. The van der Waals surface area contributed by atoms with E-state index in [1.807, 2.05) is 24.1 Å². The normalized spacial score (nSPS) is 28.0. The first kappa shape index (κ1) is 30.3. The summed E-state index contributed by atoms with van der Waals surface area (Å²) in [7, 11) is 1.86. The van der Waals surface area contributed by atoms with Crippen molar-refractivity contribution in [3.8, 4) is 0 Å². The number of piperidine rings is 1. The minimum Gasteiger partial charge on any atom is -0.307 e. The molecule has 6 nitrogen and oxygen atoms in total. The molecule has 1 aliphatic heterocycles. The number of thioether (sulfide) groups is 1. The SMILES string of the molecule is CC1CC2CC(C1)CC(C)(NCc1ccc(CSc3cccc(C=O)c3CN(C)C3CCC(=O)NC3=O)c(Cl)c1)C2. The number of hydrogen-bond donors (Lipinski definition) is 2. The summed E-state index contributed by atoms with van der Waals surface area (Å²) in [6.45, 7) is 6.06. The van der Waals surface area contributed by atoms with Crippen molar-refractivity contribution in [2.75, 3.05) is 7.05 Å². The fraction of sp³-hybridized carbons (Fsp3) is 0.545. The van der Waals surface area contributed by atoms with Crippen molar-refractivity contribution < 1.29 is 14.4 Å². The van der Waals surface area contributed by atoms with Crippen LogP contribution in [0, 0.1) is 17.8 Å². The minimum atomic E-state index is -0.403. The van der Waals surface area contributed by atoms with Crippen LogP contribution in [0.5, 0.6) is 0 Å². The molecule has 3 fully saturated rings. The van der Waals surface area contributed by atoms with E-state index in [0.717, 1.165) is 51.6 Å². The number of carbonyl (C=O) groups is 3. The Labute approximate surface area is 253 Å². The number of rotatable bonds is 10. The Hall–Kier alpha value is -2.19. The Morgan fingerprint density at radius 1 is 1.15 bits per heavy atom. The van der Waals surface area contributed by atoms with Gasteiger partial charge in [0.1, 0.15) is 6.29 Å². The molecule has 2 aliphatic carbocycles. The van der Waals surface area contributed by atoms with Crippen molar-refractivity contribution in [1.29, 1.82) is 0 Å². The average Bonchev–Trinajstić information content (AvgIpc) is 2.91. The Balaban J connectivity index is 1.21. The first-order valence-electron chi connectivity index (χ1n) is 14.9. The standard InChI is InChI=1S/C33H42ClN3O3S/c1-21-11-23-13-24(12-21)16-33(2,15-23)35-17-22-7-8-26(28(34)14-22)20-41-30-6-4-5-25(19-38)27(30)18-37(3)29-9-10-31(39)36-32(29)40/h4-8,14,19,21,23-24,29,35H,9-13,15-18,20H2,1-3H3,(H,36,39,40). The number of carbonyl (C=O) groups excluding carboxylic acids is 3. The van der Waals surface area contributed by atoms with Gasteiger partial charge in [-0.15, -0.1) is 11.8 Å². The zero-order chi connectivity index (χ0) is 29.1. The van der Waals surface area contributed by atoms with Gasteiger partial charge in [0.05, 0.1) is 6.04 Å². The van der Waals surface area contributed by atoms with E-state index in [1.165, 1.54) is 37.7 Å². The highest BCUT2D eigenvalue weighted by Crippen LogP contribution is 2.46. The highest BCUT2D eigenvalue weighted by atomic mass is 35.5. The van der Waals surface area contributed by atoms with E-state index in [1.54, 1.807) is 17.8 Å². The molecule has 3 aliphatic rings. The number of amides is 2. The summed E-state index contributed by atoms with van der Waals surface area (Å²) < 4.78 is 0. The van der Waals surface area contributed by atoms with Gasteiger partial charge in [-0.1, -0.05) is 42.8 Å². The fourth-order valence-corrected chi connectivity index (χ4v) is 8.93. The Morgan fingerprint density at radius 2 is 1.90 bits per heavy atom. The molecule has 2 aromatic rings. The number of fused-ring (bicyclic) bond motifs is 2. The third kappa shape index (κ3) is 7.42. The second-order valence-corrected chi connectivity index (χ2v) is 14.3. The topological polar surface area (TPSA) is 78.5 Å². The largest absolute Gasteiger partial charge is 0.307 e. The molecule has 2 aromatic carbocycles. The summed E-state index contributed by atoms with van der Waals surface area (Å²) in [4.78, 5) is 38.8. The van der Waals surface area contributed by atoms with Gasteiger partial charge < -0.3 is 5.32 Å². The molecule has 2 amide bonds. The summed E-state index contributed by atoms with van der Waals surface area (Å²) >= 11 is 8.42. The molecule has 41 heavy (non-hydrogen) atoms. The van der Waals surface area contributed by atoms with Gasteiger partial charge >= 0.3 is 0 Å². The molecule has 5 rings (SSSR count). The lowest BCUT2D eigenvalue weighted by Gasteiger charge is -2.47. The summed E-state index contributed by atoms with van der Waals surface area (Å²) in [5.74, 6) is 2.73. The van der Waals surface area contributed by atoms with Crippen molar-refractivity contribution in [2.45, 2.75) is 94.1 Å². The van der Waals surface area contributed by atoms with Crippen LogP contribution in [0.3, 0.4) is 0 Å². The molecule has 220 valence electrons. The maximum Gasteiger partial charge on any atom is 0.243 e. The number of likely N-dealkylation sites (N-methyl/N-ethyl adjacent to an activating group) is 1.